The van der Waals surface area contributed by atoms with Gasteiger partial charge in [-0.1, -0.05) is 13.2 Å². The van der Waals surface area contributed by atoms with Crippen LogP contribution in [0.5, 0.6) is 0 Å². The number of hydrogen-bond acceptors (Lipinski definition) is 8. The highest BCUT2D eigenvalue weighted by Crippen LogP contribution is 2.49. The first kappa shape index (κ1) is 34.4. The van der Waals surface area contributed by atoms with E-state index in [4.69, 9.17) is 0 Å². The molecule has 0 aliphatic rings. The number of hydrogen-bond donors (Lipinski definition) is 0. The van der Waals surface area contributed by atoms with E-state index in [0.29, 0.717) is 12.2 Å². The van der Waals surface area contributed by atoms with Crippen LogP contribution in [0.3, 0.4) is 0 Å². The van der Waals surface area contributed by atoms with Gasteiger partial charge in [0.05, 0.1) is 13.2 Å². The normalized spacial score (nSPS) is 15.0. The van der Waals surface area contributed by atoms with E-state index < -0.39 is 81.4 Å². The van der Waals surface area contributed by atoms with E-state index in [9.17, 15) is 62.3 Å². The second-order valence-electron chi connectivity index (χ2n) is 6.04. The highest BCUT2D eigenvalue weighted by molar-refractivity contribution is 5.81. The van der Waals surface area contributed by atoms with Gasteiger partial charge in [0.25, 0.3) is 12.7 Å². The molecular weight excluding hydrogens is 560 g/mol. The van der Waals surface area contributed by atoms with Gasteiger partial charge in [-0.05, 0) is 0 Å². The van der Waals surface area contributed by atoms with Crippen molar-refractivity contribution in [2.75, 3.05) is 26.4 Å². The van der Waals surface area contributed by atoms with Crippen LogP contribution in [0.1, 0.15) is 0 Å². The second-order valence-corrected chi connectivity index (χ2v) is 6.04. The number of esters is 2. The number of carbonyl (C=O) groups is 2. The first-order valence-electron chi connectivity index (χ1n) is 9.06. The third-order valence-electron chi connectivity index (χ3n) is 3.34. The average Bonchev–Trinajstić information content (AvgIpc) is 2.78. The minimum absolute atomic E-state index is 0.537. The van der Waals surface area contributed by atoms with Crippen molar-refractivity contribution in [3.8, 4) is 0 Å². The molecule has 0 N–H and O–H groups in total. The lowest BCUT2D eigenvalue weighted by atomic mass is 10.3. The summed E-state index contributed by atoms with van der Waals surface area (Å²) in [7, 11) is 0. The van der Waals surface area contributed by atoms with Crippen LogP contribution in [0.25, 0.3) is 0 Å². The van der Waals surface area contributed by atoms with Gasteiger partial charge in [-0.15, -0.1) is 0 Å². The highest BCUT2D eigenvalue weighted by atomic mass is 19.4. The van der Waals surface area contributed by atoms with Crippen molar-refractivity contribution in [3.63, 3.8) is 0 Å². The molecular formula is C17H16F12O8. The third-order valence-corrected chi connectivity index (χ3v) is 3.34. The van der Waals surface area contributed by atoms with Crippen LogP contribution in [0.2, 0.25) is 0 Å². The van der Waals surface area contributed by atoms with Crippen molar-refractivity contribution in [1.29, 1.82) is 0 Å². The zero-order valence-electron chi connectivity index (χ0n) is 17.9. The minimum atomic E-state index is -7.26. The van der Waals surface area contributed by atoms with Crippen molar-refractivity contribution >= 4 is 11.9 Å². The zero-order chi connectivity index (χ0) is 29.3. The summed E-state index contributed by atoms with van der Waals surface area (Å²) >= 11 is 0. The first-order valence-corrected chi connectivity index (χ1v) is 9.06. The van der Waals surface area contributed by atoms with Crippen molar-refractivity contribution in [3.05, 3.63) is 25.3 Å². The number of ether oxygens (including phenoxy) is 6. The Balaban J connectivity index is 5.25. The van der Waals surface area contributed by atoms with Crippen LogP contribution < -0.4 is 0 Å². The quantitative estimate of drug-likeness (QED) is 0.104. The Kier molecular flexibility index (Phi) is 12.4. The lowest BCUT2D eigenvalue weighted by Gasteiger charge is -2.34. The molecule has 2 unspecified atom stereocenters. The second kappa shape index (κ2) is 13.3. The Morgan fingerprint density at radius 1 is 0.622 bits per heavy atom. The third kappa shape index (κ3) is 10.0. The smallest absolute Gasteiger partial charge is 0.431 e. The van der Waals surface area contributed by atoms with Gasteiger partial charge < -0.3 is 18.9 Å². The maximum absolute atomic E-state index is 13.6. The molecule has 0 saturated carbocycles. The summed E-state index contributed by atoms with van der Waals surface area (Å²) in [6, 6.07) is 0. The Bertz CT molecular complexity index is 730. The van der Waals surface area contributed by atoms with Crippen molar-refractivity contribution < 1.29 is 90.7 Å². The van der Waals surface area contributed by atoms with Crippen LogP contribution in [0.15, 0.2) is 25.3 Å². The van der Waals surface area contributed by atoms with E-state index in [-0.39, 0.29) is 0 Å². The molecule has 0 radical (unpaired) electrons. The van der Waals surface area contributed by atoms with Crippen LogP contribution in [-0.4, -0.2) is 81.4 Å². The van der Waals surface area contributed by atoms with Crippen molar-refractivity contribution in [2.24, 2.45) is 0 Å². The van der Waals surface area contributed by atoms with Crippen LogP contribution in [0.4, 0.5) is 52.7 Å². The van der Waals surface area contributed by atoms with E-state index in [1.807, 2.05) is 0 Å². The van der Waals surface area contributed by atoms with Gasteiger partial charge in [0, 0.05) is 12.2 Å². The predicted molar refractivity (Wildman–Crippen MR) is 90.9 cm³/mol. The molecule has 0 heterocycles. The van der Waals surface area contributed by atoms with Gasteiger partial charge in [0.15, 0.2) is 0 Å². The zero-order valence-corrected chi connectivity index (χ0v) is 17.9. The largest absolute Gasteiger partial charge is 0.460 e. The molecule has 0 rings (SSSR count). The van der Waals surface area contributed by atoms with Gasteiger partial charge >= 0.3 is 42.3 Å². The minimum Gasteiger partial charge on any atom is -0.460 e. The average molecular weight is 576 g/mol. The van der Waals surface area contributed by atoms with Crippen LogP contribution in [0, 0.1) is 0 Å². The topological polar surface area (TPSA) is 89.5 Å². The summed E-state index contributed by atoms with van der Waals surface area (Å²) in [6.45, 7) is 0.734. The van der Waals surface area contributed by atoms with Gasteiger partial charge in [0.2, 0.25) is 0 Å². The molecule has 0 aromatic heterocycles. The van der Waals surface area contributed by atoms with Gasteiger partial charge in [0.1, 0.15) is 13.2 Å². The maximum Gasteiger partial charge on any atom is 0.431 e. The van der Waals surface area contributed by atoms with Crippen LogP contribution in [-0.2, 0) is 38.0 Å². The molecule has 0 fully saturated rings. The Hall–Kier alpha value is -2.58. The molecule has 0 amide bonds. The molecule has 216 valence electrons. The van der Waals surface area contributed by atoms with Gasteiger partial charge in [-0.2, -0.15) is 43.9 Å². The first-order chi connectivity index (χ1) is 16.7. The predicted octanol–water partition coefficient (Wildman–Crippen LogP) is 4.11. The molecule has 0 aliphatic carbocycles. The Morgan fingerprint density at radius 3 is 1.19 bits per heavy atom. The van der Waals surface area contributed by atoms with Crippen molar-refractivity contribution in [2.45, 2.75) is 43.1 Å². The standard InChI is InChI=1S/C17H16F12O8/c1-3-9(30)32-5-7-34-13(20,21)11(18)36-16(26,27)15(24,25)17(28,29)37-12(19)14(22,23)35-8-6-33-10(31)4-2/h3-4,11-12H,1-2,5-8H2. The molecule has 0 bridgehead atoms. The number of carbonyl (C=O) groups excluding carboxylic acids is 2. The maximum atomic E-state index is 13.6. The summed E-state index contributed by atoms with van der Waals surface area (Å²) in [5.41, 5.74) is 0. The fraction of sp³-hybridized carbons (Fsp3) is 0.647. The molecule has 0 aromatic carbocycles. The molecule has 8 nitrogen and oxygen atoms in total. The molecule has 37 heavy (non-hydrogen) atoms. The number of rotatable bonds is 18. The summed E-state index contributed by atoms with van der Waals surface area (Å²) in [5.74, 6) is -9.67. The van der Waals surface area contributed by atoms with E-state index in [2.05, 4.69) is 41.6 Å². The molecule has 0 aromatic rings. The lowest BCUT2D eigenvalue weighted by molar-refractivity contribution is -0.499. The van der Waals surface area contributed by atoms with Gasteiger partial charge in [-0.25, -0.2) is 18.4 Å². The molecule has 2 atom stereocenters. The molecule has 0 saturated heterocycles. The van der Waals surface area contributed by atoms with E-state index >= 15 is 0 Å². The molecule has 0 aliphatic heterocycles. The Morgan fingerprint density at radius 2 is 0.919 bits per heavy atom. The van der Waals surface area contributed by atoms with Gasteiger partial charge in [-0.3, -0.25) is 9.47 Å². The summed E-state index contributed by atoms with van der Waals surface area (Å²) in [5, 5.41) is 0. The molecule has 20 heteroatoms. The van der Waals surface area contributed by atoms with E-state index in [0.717, 1.165) is 0 Å². The highest BCUT2D eigenvalue weighted by Gasteiger charge is 2.77. The number of halogens is 12. The summed E-state index contributed by atoms with van der Waals surface area (Å²) in [4.78, 5) is 21.3. The van der Waals surface area contributed by atoms with E-state index in [1.54, 1.807) is 0 Å². The summed E-state index contributed by atoms with van der Waals surface area (Å²) < 4.78 is 181. The monoisotopic (exact) mass is 576 g/mol. The van der Waals surface area contributed by atoms with Crippen LogP contribution >= 0.6 is 0 Å². The number of alkyl halides is 12. The lowest BCUT2D eigenvalue weighted by Crippen LogP contribution is -2.60. The SMILES string of the molecule is C=CC(=O)OCCOC(F)(F)C(F)OC(F)(F)C(F)(F)C(F)(F)OC(F)C(F)(F)OCCOC(=O)C=C. The fourth-order valence-corrected chi connectivity index (χ4v) is 1.60. The summed E-state index contributed by atoms with van der Waals surface area (Å²) in [6.07, 6.45) is -33.8. The Labute approximate surface area is 198 Å². The van der Waals surface area contributed by atoms with E-state index in [1.165, 1.54) is 0 Å². The fourth-order valence-electron chi connectivity index (χ4n) is 1.60. The molecule has 0 spiro atoms. The van der Waals surface area contributed by atoms with Crippen molar-refractivity contribution in [1.82, 2.24) is 0 Å².